The molecule has 0 aromatic heterocycles. The molecule has 0 spiro atoms. The van der Waals surface area contributed by atoms with Crippen molar-refractivity contribution in [2.24, 2.45) is 0 Å². The molecule has 1 aromatic rings. The van der Waals surface area contributed by atoms with Crippen LogP contribution in [0.3, 0.4) is 0 Å². The fourth-order valence-electron chi connectivity index (χ4n) is 1.00. The van der Waals surface area contributed by atoms with Crippen molar-refractivity contribution in [3.8, 4) is 17.6 Å². The fraction of sp³-hybridized carbons (Fsp3) is 0.300. The molecule has 0 aliphatic rings. The van der Waals surface area contributed by atoms with Gasteiger partial charge in [-0.15, -0.1) is 0 Å². The van der Waals surface area contributed by atoms with Gasteiger partial charge in [0.1, 0.15) is 17.6 Å². The van der Waals surface area contributed by atoms with Gasteiger partial charge in [-0.3, -0.25) is 0 Å². The van der Waals surface area contributed by atoms with Gasteiger partial charge in [0.05, 0.1) is 12.7 Å². The van der Waals surface area contributed by atoms with Gasteiger partial charge in [-0.05, 0) is 12.1 Å². The summed E-state index contributed by atoms with van der Waals surface area (Å²) in [6, 6.07) is 5.78. The van der Waals surface area contributed by atoms with Crippen LogP contribution in [0.2, 0.25) is 0 Å². The van der Waals surface area contributed by atoms with E-state index in [0.717, 1.165) is 0 Å². The van der Waals surface area contributed by atoms with Crippen LogP contribution < -0.4 is 9.47 Å². The highest BCUT2D eigenvalue weighted by Gasteiger charge is 2.28. The van der Waals surface area contributed by atoms with E-state index in [2.05, 4.69) is 4.74 Å². The molecule has 0 fully saturated rings. The number of benzene rings is 1. The van der Waals surface area contributed by atoms with Crippen LogP contribution >= 0.6 is 0 Å². The van der Waals surface area contributed by atoms with Gasteiger partial charge in [0.15, 0.2) is 6.61 Å². The number of nitrogens with zero attached hydrogens (tertiary/aromatic N) is 1. The van der Waals surface area contributed by atoms with E-state index in [1.54, 1.807) is 6.07 Å². The second-order valence-corrected chi connectivity index (χ2v) is 2.88. The number of nitriles is 1. The predicted octanol–water partition coefficient (Wildman–Crippen LogP) is 2.51. The summed E-state index contributed by atoms with van der Waals surface area (Å²) in [6.45, 7) is -1.44. The molecule has 0 radical (unpaired) electrons. The summed E-state index contributed by atoms with van der Waals surface area (Å²) in [6.07, 6.45) is -4.43. The summed E-state index contributed by atoms with van der Waals surface area (Å²) in [7, 11) is 1.37. The first kappa shape index (κ1) is 12.2. The van der Waals surface area contributed by atoms with Crippen molar-refractivity contribution in [1.82, 2.24) is 0 Å². The number of ether oxygens (including phenoxy) is 2. The van der Waals surface area contributed by atoms with Gasteiger partial charge >= 0.3 is 6.18 Å². The molecule has 0 aliphatic heterocycles. The zero-order valence-electron chi connectivity index (χ0n) is 8.34. The molecule has 3 nitrogen and oxygen atoms in total. The molecule has 0 atom stereocenters. The number of rotatable bonds is 3. The van der Waals surface area contributed by atoms with Crippen LogP contribution in [0.15, 0.2) is 18.2 Å². The van der Waals surface area contributed by atoms with Crippen LogP contribution in [0.4, 0.5) is 13.2 Å². The van der Waals surface area contributed by atoms with Gasteiger partial charge in [-0.2, -0.15) is 18.4 Å². The first-order valence-electron chi connectivity index (χ1n) is 4.24. The Morgan fingerprint density at radius 1 is 1.38 bits per heavy atom. The first-order valence-corrected chi connectivity index (χ1v) is 4.24. The molecule has 1 aromatic carbocycles. The standard InChI is InChI=1S/C10H8F3NO2/c1-15-8-3-2-7(5-14)9(4-8)16-6-10(11,12)13/h2-4H,6H2,1H3. The molecule has 0 saturated heterocycles. The maximum atomic E-state index is 11.9. The Morgan fingerprint density at radius 2 is 2.06 bits per heavy atom. The molecule has 6 heteroatoms. The lowest BCUT2D eigenvalue weighted by atomic mass is 10.2. The summed E-state index contributed by atoms with van der Waals surface area (Å²) < 4.78 is 45.1. The number of halogens is 3. The minimum Gasteiger partial charge on any atom is -0.497 e. The minimum atomic E-state index is -4.43. The predicted molar refractivity (Wildman–Crippen MR) is 49.3 cm³/mol. The van der Waals surface area contributed by atoms with Gasteiger partial charge in [-0.25, -0.2) is 0 Å². The normalized spacial score (nSPS) is 10.7. The van der Waals surface area contributed by atoms with E-state index in [0.29, 0.717) is 5.75 Å². The summed E-state index contributed by atoms with van der Waals surface area (Å²) in [5.41, 5.74) is 0.0325. The quantitative estimate of drug-likeness (QED) is 0.802. The molecule has 16 heavy (non-hydrogen) atoms. The lowest BCUT2D eigenvalue weighted by Gasteiger charge is -2.11. The van der Waals surface area contributed by atoms with Gasteiger partial charge in [0.25, 0.3) is 0 Å². The Hall–Kier alpha value is -1.90. The van der Waals surface area contributed by atoms with Crippen molar-refractivity contribution in [2.75, 3.05) is 13.7 Å². The van der Waals surface area contributed by atoms with Gasteiger partial charge < -0.3 is 9.47 Å². The van der Waals surface area contributed by atoms with E-state index in [-0.39, 0.29) is 11.3 Å². The van der Waals surface area contributed by atoms with E-state index >= 15 is 0 Å². The third-order valence-corrected chi connectivity index (χ3v) is 1.70. The van der Waals surface area contributed by atoms with E-state index in [1.807, 2.05) is 0 Å². The first-order chi connectivity index (χ1) is 7.46. The minimum absolute atomic E-state index is 0.0325. The van der Waals surface area contributed by atoms with Crippen molar-refractivity contribution in [3.63, 3.8) is 0 Å². The van der Waals surface area contributed by atoms with Crippen LogP contribution in [0, 0.1) is 11.3 Å². The van der Waals surface area contributed by atoms with E-state index in [1.165, 1.54) is 25.3 Å². The second-order valence-electron chi connectivity index (χ2n) is 2.88. The molecule has 0 unspecified atom stereocenters. The molecule has 1 rings (SSSR count). The third kappa shape index (κ3) is 3.35. The smallest absolute Gasteiger partial charge is 0.422 e. The molecule has 0 aliphatic carbocycles. The second kappa shape index (κ2) is 4.75. The Kier molecular flexibility index (Phi) is 3.61. The van der Waals surface area contributed by atoms with Crippen molar-refractivity contribution < 1.29 is 22.6 Å². The van der Waals surface area contributed by atoms with E-state index in [4.69, 9.17) is 10.00 Å². The highest BCUT2D eigenvalue weighted by molar-refractivity contribution is 5.47. The van der Waals surface area contributed by atoms with Crippen LogP contribution in [-0.2, 0) is 0 Å². The number of hydrogen-bond donors (Lipinski definition) is 0. The maximum absolute atomic E-state index is 11.9. The molecule has 86 valence electrons. The molecule has 0 saturated carbocycles. The third-order valence-electron chi connectivity index (χ3n) is 1.70. The lowest BCUT2D eigenvalue weighted by Crippen LogP contribution is -2.19. The topological polar surface area (TPSA) is 42.2 Å². The Labute approximate surface area is 90.0 Å². The van der Waals surface area contributed by atoms with Crippen molar-refractivity contribution in [1.29, 1.82) is 5.26 Å². The molecular formula is C10H8F3NO2. The number of hydrogen-bond acceptors (Lipinski definition) is 3. The zero-order chi connectivity index (χ0) is 12.2. The summed E-state index contributed by atoms with van der Waals surface area (Å²) in [5.74, 6) is 0.190. The average molecular weight is 231 g/mol. The highest BCUT2D eigenvalue weighted by Crippen LogP contribution is 2.26. The Balaban J connectivity index is 2.89. The molecule has 0 N–H and O–H groups in total. The van der Waals surface area contributed by atoms with Crippen LogP contribution in [0.25, 0.3) is 0 Å². The molecular weight excluding hydrogens is 223 g/mol. The fourth-order valence-corrected chi connectivity index (χ4v) is 1.00. The Morgan fingerprint density at radius 3 is 2.56 bits per heavy atom. The maximum Gasteiger partial charge on any atom is 0.422 e. The monoisotopic (exact) mass is 231 g/mol. The van der Waals surface area contributed by atoms with Crippen molar-refractivity contribution in [2.45, 2.75) is 6.18 Å². The largest absolute Gasteiger partial charge is 0.497 e. The van der Waals surface area contributed by atoms with Crippen LogP contribution in [0.1, 0.15) is 5.56 Å². The van der Waals surface area contributed by atoms with Gasteiger partial charge in [0.2, 0.25) is 0 Å². The summed E-state index contributed by atoms with van der Waals surface area (Å²) in [4.78, 5) is 0. The average Bonchev–Trinajstić information content (AvgIpc) is 2.25. The number of alkyl halides is 3. The number of methoxy groups -OCH3 is 1. The van der Waals surface area contributed by atoms with Crippen LogP contribution in [0.5, 0.6) is 11.5 Å². The van der Waals surface area contributed by atoms with Gasteiger partial charge in [-0.1, -0.05) is 0 Å². The molecule has 0 heterocycles. The van der Waals surface area contributed by atoms with E-state index in [9.17, 15) is 13.2 Å². The SMILES string of the molecule is COc1ccc(C#N)c(OCC(F)(F)F)c1. The van der Waals surface area contributed by atoms with Crippen molar-refractivity contribution >= 4 is 0 Å². The van der Waals surface area contributed by atoms with Gasteiger partial charge in [0, 0.05) is 6.07 Å². The zero-order valence-corrected chi connectivity index (χ0v) is 8.34. The molecule has 0 bridgehead atoms. The Bertz CT molecular complexity index is 410. The lowest BCUT2D eigenvalue weighted by molar-refractivity contribution is -0.153. The van der Waals surface area contributed by atoms with E-state index < -0.39 is 12.8 Å². The van der Waals surface area contributed by atoms with Crippen LogP contribution in [-0.4, -0.2) is 19.9 Å². The highest BCUT2D eigenvalue weighted by atomic mass is 19.4. The summed E-state index contributed by atoms with van der Waals surface area (Å²) in [5, 5.41) is 8.66. The summed E-state index contributed by atoms with van der Waals surface area (Å²) >= 11 is 0. The van der Waals surface area contributed by atoms with Crippen molar-refractivity contribution in [3.05, 3.63) is 23.8 Å². The molecule has 0 amide bonds.